The van der Waals surface area contributed by atoms with Gasteiger partial charge in [-0.2, -0.15) is 0 Å². The molecule has 0 aromatic carbocycles. The average Bonchev–Trinajstić information content (AvgIpc) is 2.54. The van der Waals surface area contributed by atoms with E-state index in [0.717, 1.165) is 23.2 Å². The summed E-state index contributed by atoms with van der Waals surface area (Å²) >= 11 is 0. The molecule has 0 atom stereocenters. The quantitative estimate of drug-likeness (QED) is 0.297. The molecule has 0 aromatic rings. The van der Waals surface area contributed by atoms with E-state index in [0.29, 0.717) is 0 Å². The lowest BCUT2D eigenvalue weighted by Crippen LogP contribution is -2.45. The van der Waals surface area contributed by atoms with Crippen LogP contribution in [0.1, 0.15) is 129 Å². The summed E-state index contributed by atoms with van der Waals surface area (Å²) in [4.78, 5) is 0. The zero-order valence-electron chi connectivity index (χ0n) is 16.7. The Bertz CT molecular complexity index is 307. The molecule has 0 heteroatoms. The number of hydrogen-bond acceptors (Lipinski definition) is 0. The van der Waals surface area contributed by atoms with E-state index in [1.165, 1.54) is 70.6 Å². The molecule has 4 rings (SSSR count). The molecule has 4 aliphatic carbocycles. The smallest absolute Gasteiger partial charge is 0.0290 e. The van der Waals surface area contributed by atoms with Crippen molar-refractivity contribution >= 4 is 0 Å². The minimum atomic E-state index is 0.841. The summed E-state index contributed by atoms with van der Waals surface area (Å²) in [6.07, 6.45) is 29.2. The average molecular weight is 333 g/mol. The molecule has 140 valence electrons. The number of hydrogen-bond donors (Lipinski definition) is 0. The second-order valence-corrected chi connectivity index (χ2v) is 10.1. The molecule has 0 heterocycles. The Hall–Kier alpha value is 0. The van der Waals surface area contributed by atoms with Gasteiger partial charge in [0.1, 0.15) is 0 Å². The minimum Gasteiger partial charge on any atom is -0.0654 e. The molecule has 4 aliphatic rings. The molecule has 0 aliphatic heterocycles. The maximum atomic E-state index is 2.31. The predicted molar refractivity (Wildman–Crippen MR) is 106 cm³/mol. The summed E-state index contributed by atoms with van der Waals surface area (Å²) in [5.41, 5.74) is 0.841. The van der Waals surface area contributed by atoms with Gasteiger partial charge in [-0.05, 0) is 68.1 Å². The highest BCUT2D eigenvalue weighted by Crippen LogP contribution is 2.61. The molecule has 4 saturated carbocycles. The zero-order chi connectivity index (χ0) is 16.7. The van der Waals surface area contributed by atoms with E-state index in [2.05, 4.69) is 6.92 Å². The summed E-state index contributed by atoms with van der Waals surface area (Å²) in [5.74, 6) is 3.44. The van der Waals surface area contributed by atoms with Crippen molar-refractivity contribution < 1.29 is 0 Å². The second kappa shape index (κ2) is 9.63. The van der Waals surface area contributed by atoms with E-state index in [4.69, 9.17) is 0 Å². The van der Waals surface area contributed by atoms with E-state index in [9.17, 15) is 0 Å². The van der Waals surface area contributed by atoms with Crippen molar-refractivity contribution in [2.75, 3.05) is 0 Å². The predicted octanol–water partition coefficient (Wildman–Crippen LogP) is 8.29. The summed E-state index contributed by atoms with van der Waals surface area (Å²) < 4.78 is 0. The molecular formula is C24H44. The third-order valence-electron chi connectivity index (χ3n) is 7.73. The normalized spacial score (nSPS) is 34.1. The van der Waals surface area contributed by atoms with Crippen molar-refractivity contribution in [3.63, 3.8) is 0 Å². The fraction of sp³-hybridized carbons (Fsp3) is 1.00. The lowest BCUT2D eigenvalue weighted by molar-refractivity contribution is -0.0583. The van der Waals surface area contributed by atoms with Crippen LogP contribution in [0.15, 0.2) is 0 Å². The summed E-state index contributed by atoms with van der Waals surface area (Å²) in [7, 11) is 0. The van der Waals surface area contributed by atoms with Crippen LogP contribution in [0, 0.1) is 23.2 Å². The van der Waals surface area contributed by atoms with E-state index >= 15 is 0 Å². The van der Waals surface area contributed by atoms with Crippen molar-refractivity contribution in [2.45, 2.75) is 129 Å². The van der Waals surface area contributed by atoms with Crippen LogP contribution in [0.4, 0.5) is 0 Å². The minimum absolute atomic E-state index is 0.841. The maximum absolute atomic E-state index is 2.31. The van der Waals surface area contributed by atoms with Gasteiger partial charge in [-0.15, -0.1) is 0 Å². The van der Waals surface area contributed by atoms with Gasteiger partial charge in [0.05, 0.1) is 0 Å². The largest absolute Gasteiger partial charge is 0.0654 e. The topological polar surface area (TPSA) is 0 Å². The van der Waals surface area contributed by atoms with Gasteiger partial charge in [-0.3, -0.25) is 0 Å². The van der Waals surface area contributed by atoms with Crippen LogP contribution in [0.3, 0.4) is 0 Å². The summed E-state index contributed by atoms with van der Waals surface area (Å²) in [6.45, 7) is 2.31. The van der Waals surface area contributed by atoms with Gasteiger partial charge in [-0.25, -0.2) is 0 Å². The molecule has 4 bridgehead atoms. The van der Waals surface area contributed by atoms with Crippen LogP contribution in [0.2, 0.25) is 0 Å². The Balaban J connectivity index is 1.16. The van der Waals surface area contributed by atoms with Crippen LogP contribution in [0.25, 0.3) is 0 Å². The highest BCUT2D eigenvalue weighted by atomic mass is 14.5. The highest BCUT2D eigenvalue weighted by Gasteiger charge is 2.50. The maximum Gasteiger partial charge on any atom is -0.0290 e. The number of unbranched alkanes of at least 4 members (excludes halogenated alkanes) is 11. The van der Waals surface area contributed by atoms with Crippen LogP contribution in [-0.4, -0.2) is 0 Å². The van der Waals surface area contributed by atoms with Gasteiger partial charge in [0.25, 0.3) is 0 Å². The summed E-state index contributed by atoms with van der Waals surface area (Å²) in [5, 5.41) is 0. The molecule has 0 unspecified atom stereocenters. The van der Waals surface area contributed by atoms with Crippen LogP contribution in [0.5, 0.6) is 0 Å². The van der Waals surface area contributed by atoms with Crippen molar-refractivity contribution in [1.82, 2.24) is 0 Å². The molecule has 0 nitrogen and oxygen atoms in total. The molecule has 4 fully saturated rings. The Kier molecular flexibility index (Phi) is 7.54. The van der Waals surface area contributed by atoms with Crippen LogP contribution in [-0.2, 0) is 0 Å². The third-order valence-corrected chi connectivity index (χ3v) is 7.73. The van der Waals surface area contributed by atoms with E-state index in [1.807, 2.05) is 0 Å². The van der Waals surface area contributed by atoms with Crippen LogP contribution >= 0.6 is 0 Å². The molecule has 0 aromatic heterocycles. The highest BCUT2D eigenvalue weighted by molar-refractivity contribution is 5.01. The van der Waals surface area contributed by atoms with Crippen molar-refractivity contribution in [3.05, 3.63) is 0 Å². The Morgan fingerprint density at radius 2 is 0.917 bits per heavy atom. The molecule has 0 N–H and O–H groups in total. The second-order valence-electron chi connectivity index (χ2n) is 10.1. The van der Waals surface area contributed by atoms with E-state index in [-0.39, 0.29) is 0 Å². The fourth-order valence-electron chi connectivity index (χ4n) is 6.94. The van der Waals surface area contributed by atoms with Crippen molar-refractivity contribution in [1.29, 1.82) is 0 Å². The van der Waals surface area contributed by atoms with Gasteiger partial charge in [0.15, 0.2) is 0 Å². The molecule has 0 radical (unpaired) electrons. The van der Waals surface area contributed by atoms with Gasteiger partial charge in [-0.1, -0.05) is 84.0 Å². The SMILES string of the molecule is CCCCCCCCCCCCCCC12CC3CC(CC(C3)C1)C2. The number of rotatable bonds is 13. The van der Waals surface area contributed by atoms with E-state index in [1.54, 1.807) is 51.4 Å². The first-order chi connectivity index (χ1) is 11.8. The van der Waals surface area contributed by atoms with Gasteiger partial charge < -0.3 is 0 Å². The standard InChI is InChI=1S/C24H44/c1-2-3-4-5-6-7-8-9-10-11-12-13-14-24-18-21-15-22(19-24)17-23(16-21)20-24/h21-23H,2-20H2,1H3. The fourth-order valence-corrected chi connectivity index (χ4v) is 6.94. The van der Waals surface area contributed by atoms with Crippen LogP contribution < -0.4 is 0 Å². The first-order valence-electron chi connectivity index (χ1n) is 11.8. The van der Waals surface area contributed by atoms with Crippen molar-refractivity contribution in [3.8, 4) is 0 Å². The lowest BCUT2D eigenvalue weighted by atomic mass is 9.48. The van der Waals surface area contributed by atoms with Gasteiger partial charge >= 0.3 is 0 Å². The Morgan fingerprint density at radius 3 is 1.33 bits per heavy atom. The summed E-state index contributed by atoms with van der Waals surface area (Å²) in [6, 6.07) is 0. The van der Waals surface area contributed by atoms with Crippen molar-refractivity contribution in [2.24, 2.45) is 23.2 Å². The van der Waals surface area contributed by atoms with E-state index < -0.39 is 0 Å². The van der Waals surface area contributed by atoms with Gasteiger partial charge in [0, 0.05) is 0 Å². The monoisotopic (exact) mass is 332 g/mol. The third kappa shape index (κ3) is 5.50. The molecule has 0 saturated heterocycles. The lowest BCUT2D eigenvalue weighted by Gasteiger charge is -2.57. The molecule has 0 spiro atoms. The molecule has 24 heavy (non-hydrogen) atoms. The van der Waals surface area contributed by atoms with Gasteiger partial charge in [0.2, 0.25) is 0 Å². The molecular weight excluding hydrogens is 288 g/mol. The Morgan fingerprint density at radius 1 is 0.542 bits per heavy atom. The Labute approximate surface area is 152 Å². The first kappa shape index (κ1) is 18.8. The first-order valence-corrected chi connectivity index (χ1v) is 11.8. The molecule has 0 amide bonds. The zero-order valence-corrected chi connectivity index (χ0v) is 16.7.